The van der Waals surface area contributed by atoms with Gasteiger partial charge in [-0.1, -0.05) is 24.8 Å². The van der Waals surface area contributed by atoms with Gasteiger partial charge in [0.2, 0.25) is 0 Å². The number of phenols is 1. The Bertz CT molecular complexity index is 515. The lowest BCUT2D eigenvalue weighted by molar-refractivity contribution is 0.0693. The van der Waals surface area contributed by atoms with Crippen molar-refractivity contribution >= 4 is 29.1 Å². The van der Waals surface area contributed by atoms with Crippen molar-refractivity contribution in [2.24, 2.45) is 15.9 Å². The van der Waals surface area contributed by atoms with Crippen molar-refractivity contribution in [3.63, 3.8) is 0 Å². The van der Waals surface area contributed by atoms with Gasteiger partial charge < -0.3 is 15.9 Å². The van der Waals surface area contributed by atoms with Crippen LogP contribution >= 0.6 is 11.8 Å². The minimum Gasteiger partial charge on any atom is -0.506 e. The molecular weight excluding hydrogens is 266 g/mol. The van der Waals surface area contributed by atoms with Crippen LogP contribution in [0.4, 0.5) is 0 Å². The molecule has 0 aromatic heterocycles. The van der Waals surface area contributed by atoms with E-state index in [0.29, 0.717) is 5.17 Å². The van der Waals surface area contributed by atoms with Crippen LogP contribution < -0.4 is 5.73 Å². The van der Waals surface area contributed by atoms with E-state index in [1.165, 1.54) is 36.2 Å². The predicted octanol–water partition coefficient (Wildman–Crippen LogP) is 1.88. The summed E-state index contributed by atoms with van der Waals surface area (Å²) in [7, 11) is 0. The highest BCUT2D eigenvalue weighted by atomic mass is 32.2. The molecule has 102 valence electrons. The van der Waals surface area contributed by atoms with Gasteiger partial charge in [-0.15, -0.1) is 5.10 Å². The SMILES string of the molecule is CCCSC(N)=N/N=C\c1cccc(C(=O)O)c1O. The van der Waals surface area contributed by atoms with Crippen molar-refractivity contribution in [2.45, 2.75) is 13.3 Å². The van der Waals surface area contributed by atoms with Gasteiger partial charge in [-0.25, -0.2) is 4.79 Å². The van der Waals surface area contributed by atoms with E-state index in [9.17, 15) is 9.90 Å². The number of carboxylic acid groups (broad SMARTS) is 1. The first kappa shape index (κ1) is 15.0. The molecule has 0 amide bonds. The van der Waals surface area contributed by atoms with Crippen LogP contribution in [0.1, 0.15) is 29.3 Å². The highest BCUT2D eigenvalue weighted by Gasteiger charge is 2.11. The number of aromatic carboxylic acids is 1. The predicted molar refractivity (Wildman–Crippen MR) is 77.0 cm³/mol. The summed E-state index contributed by atoms with van der Waals surface area (Å²) in [5, 5.41) is 26.3. The molecule has 0 saturated carbocycles. The highest BCUT2D eigenvalue weighted by molar-refractivity contribution is 8.13. The number of nitrogens with zero attached hydrogens (tertiary/aromatic N) is 2. The maximum Gasteiger partial charge on any atom is 0.339 e. The van der Waals surface area contributed by atoms with Crippen LogP contribution in [0.2, 0.25) is 0 Å². The summed E-state index contributed by atoms with van der Waals surface area (Å²) < 4.78 is 0. The van der Waals surface area contributed by atoms with Crippen LogP contribution in [-0.2, 0) is 0 Å². The third-order valence-electron chi connectivity index (χ3n) is 2.10. The lowest BCUT2D eigenvalue weighted by atomic mass is 10.1. The maximum absolute atomic E-state index is 10.8. The molecule has 6 nitrogen and oxygen atoms in total. The fraction of sp³-hybridized carbons (Fsp3) is 0.250. The average Bonchev–Trinajstić information content (AvgIpc) is 2.38. The summed E-state index contributed by atoms with van der Waals surface area (Å²) >= 11 is 1.38. The van der Waals surface area contributed by atoms with Crippen molar-refractivity contribution in [3.8, 4) is 5.75 Å². The molecule has 0 heterocycles. The van der Waals surface area contributed by atoms with Gasteiger partial charge in [-0.05, 0) is 18.6 Å². The summed E-state index contributed by atoms with van der Waals surface area (Å²) in [6.07, 6.45) is 2.24. The van der Waals surface area contributed by atoms with Gasteiger partial charge in [-0.2, -0.15) is 5.10 Å². The first-order valence-corrected chi connectivity index (χ1v) is 6.59. The molecule has 0 radical (unpaired) electrons. The van der Waals surface area contributed by atoms with Crippen LogP contribution in [0.15, 0.2) is 28.4 Å². The standard InChI is InChI=1S/C12H15N3O3S/c1-2-6-19-12(13)15-14-7-8-4-3-5-9(10(8)16)11(17)18/h3-5,7,16H,2,6H2,1H3,(H2,13,15)(H,17,18)/b14-7-. The molecule has 1 aromatic rings. The number of thioether (sulfide) groups is 1. The Morgan fingerprint density at radius 3 is 2.89 bits per heavy atom. The Kier molecular flexibility index (Phi) is 5.87. The van der Waals surface area contributed by atoms with Crippen LogP contribution in [0.25, 0.3) is 0 Å². The number of para-hydroxylation sites is 1. The molecule has 0 fully saturated rings. The number of hydrogen-bond donors (Lipinski definition) is 3. The summed E-state index contributed by atoms with van der Waals surface area (Å²) in [5.41, 5.74) is 5.68. The molecule has 0 spiro atoms. The first-order chi connectivity index (χ1) is 9.06. The number of amidine groups is 1. The number of aromatic hydroxyl groups is 1. The topological polar surface area (TPSA) is 108 Å². The molecule has 4 N–H and O–H groups in total. The molecule has 7 heteroatoms. The van der Waals surface area contributed by atoms with Gasteiger partial charge in [0, 0.05) is 11.3 Å². The fourth-order valence-electron chi connectivity index (χ4n) is 1.22. The van der Waals surface area contributed by atoms with Crippen molar-refractivity contribution < 1.29 is 15.0 Å². The molecule has 0 aliphatic rings. The third kappa shape index (κ3) is 4.63. The Hall–Kier alpha value is -2.02. The second-order valence-electron chi connectivity index (χ2n) is 3.58. The zero-order valence-corrected chi connectivity index (χ0v) is 11.2. The average molecular weight is 281 g/mol. The minimum absolute atomic E-state index is 0.179. The summed E-state index contributed by atoms with van der Waals surface area (Å²) in [6.45, 7) is 2.03. The molecule has 0 aliphatic carbocycles. The highest BCUT2D eigenvalue weighted by Crippen LogP contribution is 2.20. The van der Waals surface area contributed by atoms with Gasteiger partial charge in [-0.3, -0.25) is 0 Å². The molecule has 19 heavy (non-hydrogen) atoms. The van der Waals surface area contributed by atoms with Crippen LogP contribution in [-0.4, -0.2) is 33.3 Å². The lowest BCUT2D eigenvalue weighted by Crippen LogP contribution is -2.06. The van der Waals surface area contributed by atoms with Crippen LogP contribution in [0, 0.1) is 0 Å². The fourth-order valence-corrected chi connectivity index (χ4v) is 1.74. The van der Waals surface area contributed by atoms with E-state index in [0.717, 1.165) is 12.2 Å². The van der Waals surface area contributed by atoms with E-state index in [-0.39, 0.29) is 16.9 Å². The smallest absolute Gasteiger partial charge is 0.339 e. The van der Waals surface area contributed by atoms with E-state index in [4.69, 9.17) is 10.8 Å². The van der Waals surface area contributed by atoms with Crippen molar-refractivity contribution in [1.82, 2.24) is 0 Å². The van der Waals surface area contributed by atoms with Crippen molar-refractivity contribution in [3.05, 3.63) is 29.3 Å². The quantitative estimate of drug-likeness (QED) is 0.434. The van der Waals surface area contributed by atoms with Gasteiger partial charge in [0.1, 0.15) is 11.3 Å². The first-order valence-electron chi connectivity index (χ1n) is 5.60. The number of nitrogens with two attached hydrogens (primary N) is 1. The van der Waals surface area contributed by atoms with Gasteiger partial charge >= 0.3 is 5.97 Å². The number of hydrogen-bond acceptors (Lipinski definition) is 5. The second-order valence-corrected chi connectivity index (χ2v) is 4.70. The monoisotopic (exact) mass is 281 g/mol. The van der Waals surface area contributed by atoms with E-state index in [2.05, 4.69) is 10.2 Å². The minimum atomic E-state index is -1.20. The van der Waals surface area contributed by atoms with Crippen molar-refractivity contribution in [2.75, 3.05) is 5.75 Å². The van der Waals surface area contributed by atoms with Crippen LogP contribution in [0.5, 0.6) is 5.75 Å². The zero-order valence-electron chi connectivity index (χ0n) is 10.4. The summed E-state index contributed by atoms with van der Waals surface area (Å²) in [6, 6.07) is 4.36. The molecule has 1 aromatic carbocycles. The molecule has 0 bridgehead atoms. The van der Waals surface area contributed by atoms with E-state index in [1.54, 1.807) is 0 Å². The molecule has 0 saturated heterocycles. The normalized spacial score (nSPS) is 11.9. The third-order valence-corrected chi connectivity index (χ3v) is 3.09. The van der Waals surface area contributed by atoms with E-state index >= 15 is 0 Å². The zero-order chi connectivity index (χ0) is 14.3. The molecule has 0 atom stereocenters. The molecule has 0 aliphatic heterocycles. The van der Waals surface area contributed by atoms with Gasteiger partial charge in [0.15, 0.2) is 5.17 Å². The molecule has 1 rings (SSSR count). The van der Waals surface area contributed by atoms with Gasteiger partial charge in [0.05, 0.1) is 6.21 Å². The number of rotatable bonds is 5. The largest absolute Gasteiger partial charge is 0.506 e. The van der Waals surface area contributed by atoms with Gasteiger partial charge in [0.25, 0.3) is 0 Å². The second kappa shape index (κ2) is 7.42. The van der Waals surface area contributed by atoms with Crippen LogP contribution in [0.3, 0.4) is 0 Å². The Balaban J connectivity index is 2.83. The van der Waals surface area contributed by atoms with Crippen molar-refractivity contribution in [1.29, 1.82) is 0 Å². The number of carbonyl (C=O) groups is 1. The summed E-state index contributed by atoms with van der Waals surface area (Å²) in [5.74, 6) is -0.687. The number of benzene rings is 1. The molecule has 0 unspecified atom stereocenters. The Morgan fingerprint density at radius 2 is 2.26 bits per heavy atom. The maximum atomic E-state index is 10.8. The Morgan fingerprint density at radius 1 is 1.53 bits per heavy atom. The Labute approximate surface area is 115 Å². The van der Waals surface area contributed by atoms with E-state index < -0.39 is 5.97 Å². The van der Waals surface area contributed by atoms with E-state index in [1.807, 2.05) is 6.92 Å². The lowest BCUT2D eigenvalue weighted by Gasteiger charge is -2.01. The summed E-state index contributed by atoms with van der Waals surface area (Å²) in [4.78, 5) is 10.8. The number of carboxylic acids is 1. The molecular formula is C12H15N3O3S.